The SMILES string of the molecule is CCC(C)(C)NC(=O)CNCCC1CCOC1. The summed E-state index contributed by atoms with van der Waals surface area (Å²) in [6.45, 7) is 9.26. The molecule has 1 rings (SSSR count). The maximum atomic E-state index is 11.6. The Bertz CT molecular complexity index is 236. The number of hydrogen-bond donors (Lipinski definition) is 2. The topological polar surface area (TPSA) is 50.4 Å². The van der Waals surface area contributed by atoms with Gasteiger partial charge in [0, 0.05) is 18.8 Å². The van der Waals surface area contributed by atoms with Gasteiger partial charge in [0.2, 0.25) is 5.91 Å². The predicted octanol–water partition coefficient (Wildman–Crippen LogP) is 1.31. The molecule has 100 valence electrons. The number of rotatable bonds is 7. The summed E-state index contributed by atoms with van der Waals surface area (Å²) in [4.78, 5) is 11.6. The second-order valence-electron chi connectivity index (χ2n) is 5.48. The molecule has 0 bridgehead atoms. The summed E-state index contributed by atoms with van der Waals surface area (Å²) >= 11 is 0. The van der Waals surface area contributed by atoms with Crippen LogP contribution in [0, 0.1) is 5.92 Å². The molecule has 0 aromatic rings. The maximum absolute atomic E-state index is 11.6. The van der Waals surface area contributed by atoms with Gasteiger partial charge in [-0.15, -0.1) is 0 Å². The monoisotopic (exact) mass is 242 g/mol. The number of carbonyl (C=O) groups is 1. The number of carbonyl (C=O) groups excluding carboxylic acids is 1. The first-order chi connectivity index (χ1) is 8.03. The number of nitrogens with one attached hydrogen (secondary N) is 2. The van der Waals surface area contributed by atoms with E-state index in [-0.39, 0.29) is 11.4 Å². The van der Waals surface area contributed by atoms with Crippen molar-refractivity contribution < 1.29 is 9.53 Å². The molecular formula is C13H26N2O2. The van der Waals surface area contributed by atoms with Gasteiger partial charge in [-0.05, 0) is 45.6 Å². The highest BCUT2D eigenvalue weighted by Crippen LogP contribution is 2.15. The van der Waals surface area contributed by atoms with Crippen molar-refractivity contribution in [3.63, 3.8) is 0 Å². The summed E-state index contributed by atoms with van der Waals surface area (Å²) < 4.78 is 5.31. The average molecular weight is 242 g/mol. The van der Waals surface area contributed by atoms with Crippen molar-refractivity contribution in [3.05, 3.63) is 0 Å². The van der Waals surface area contributed by atoms with Crippen LogP contribution in [-0.2, 0) is 9.53 Å². The Morgan fingerprint density at radius 2 is 2.24 bits per heavy atom. The second kappa shape index (κ2) is 6.97. The fraction of sp³-hybridized carbons (Fsp3) is 0.923. The molecule has 0 saturated carbocycles. The highest BCUT2D eigenvalue weighted by atomic mass is 16.5. The van der Waals surface area contributed by atoms with Crippen molar-refractivity contribution in [1.82, 2.24) is 10.6 Å². The molecule has 0 radical (unpaired) electrons. The standard InChI is InChI=1S/C13H26N2O2/c1-4-13(2,3)15-12(16)9-14-7-5-11-6-8-17-10-11/h11,14H,4-10H2,1-3H3,(H,15,16). The largest absolute Gasteiger partial charge is 0.381 e. The Morgan fingerprint density at radius 3 is 2.82 bits per heavy atom. The van der Waals surface area contributed by atoms with E-state index in [9.17, 15) is 4.79 Å². The number of hydrogen-bond acceptors (Lipinski definition) is 3. The van der Waals surface area contributed by atoms with Gasteiger partial charge in [0.25, 0.3) is 0 Å². The van der Waals surface area contributed by atoms with Gasteiger partial charge in [0.05, 0.1) is 6.54 Å². The van der Waals surface area contributed by atoms with Gasteiger partial charge >= 0.3 is 0 Å². The highest BCUT2D eigenvalue weighted by molar-refractivity contribution is 5.78. The molecule has 4 heteroatoms. The van der Waals surface area contributed by atoms with Crippen molar-refractivity contribution in [1.29, 1.82) is 0 Å². The van der Waals surface area contributed by atoms with Crippen LogP contribution in [0.1, 0.15) is 40.0 Å². The second-order valence-corrected chi connectivity index (χ2v) is 5.48. The van der Waals surface area contributed by atoms with Crippen molar-refractivity contribution in [2.24, 2.45) is 5.92 Å². The lowest BCUT2D eigenvalue weighted by Crippen LogP contribution is -2.46. The molecule has 0 spiro atoms. The quantitative estimate of drug-likeness (QED) is 0.662. The van der Waals surface area contributed by atoms with Gasteiger partial charge in [-0.2, -0.15) is 0 Å². The van der Waals surface area contributed by atoms with E-state index in [0.29, 0.717) is 12.5 Å². The first-order valence-corrected chi connectivity index (χ1v) is 6.63. The number of amides is 1. The van der Waals surface area contributed by atoms with Gasteiger partial charge in [-0.1, -0.05) is 6.92 Å². The van der Waals surface area contributed by atoms with E-state index in [2.05, 4.69) is 17.6 Å². The van der Waals surface area contributed by atoms with E-state index in [1.165, 1.54) is 0 Å². The van der Waals surface area contributed by atoms with Gasteiger partial charge < -0.3 is 15.4 Å². The lowest BCUT2D eigenvalue weighted by atomic mass is 10.0. The van der Waals surface area contributed by atoms with E-state index in [4.69, 9.17) is 4.74 Å². The Balaban J connectivity index is 2.03. The summed E-state index contributed by atoms with van der Waals surface area (Å²) in [5.74, 6) is 0.761. The minimum Gasteiger partial charge on any atom is -0.381 e. The fourth-order valence-electron chi connectivity index (χ4n) is 1.83. The molecule has 0 aromatic heterocycles. The zero-order chi connectivity index (χ0) is 12.7. The van der Waals surface area contributed by atoms with Crippen molar-refractivity contribution in [3.8, 4) is 0 Å². The molecule has 1 aliphatic heterocycles. The summed E-state index contributed by atoms with van der Waals surface area (Å²) in [7, 11) is 0. The molecular weight excluding hydrogens is 216 g/mol. The van der Waals surface area contributed by atoms with Crippen LogP contribution in [0.5, 0.6) is 0 Å². The molecule has 17 heavy (non-hydrogen) atoms. The Labute approximate surface area is 104 Å². The van der Waals surface area contributed by atoms with E-state index >= 15 is 0 Å². The molecule has 4 nitrogen and oxygen atoms in total. The van der Waals surface area contributed by atoms with E-state index < -0.39 is 0 Å². The van der Waals surface area contributed by atoms with E-state index in [0.717, 1.165) is 39.0 Å². The minimum absolute atomic E-state index is 0.0829. The molecule has 1 fully saturated rings. The van der Waals surface area contributed by atoms with Crippen LogP contribution < -0.4 is 10.6 Å². The first-order valence-electron chi connectivity index (χ1n) is 6.63. The summed E-state index contributed by atoms with van der Waals surface area (Å²) in [6, 6.07) is 0. The summed E-state index contributed by atoms with van der Waals surface area (Å²) in [5.41, 5.74) is -0.0992. The van der Waals surface area contributed by atoms with Gasteiger partial charge in [-0.3, -0.25) is 4.79 Å². The lowest BCUT2D eigenvalue weighted by molar-refractivity contribution is -0.121. The van der Waals surface area contributed by atoms with E-state index in [1.807, 2.05) is 13.8 Å². The summed E-state index contributed by atoms with van der Waals surface area (Å²) in [6.07, 6.45) is 3.21. The summed E-state index contributed by atoms with van der Waals surface area (Å²) in [5, 5.41) is 6.20. The highest BCUT2D eigenvalue weighted by Gasteiger charge is 2.18. The zero-order valence-electron chi connectivity index (χ0n) is 11.3. The Morgan fingerprint density at radius 1 is 1.47 bits per heavy atom. The van der Waals surface area contributed by atoms with Crippen LogP contribution in [-0.4, -0.2) is 37.7 Å². The molecule has 1 heterocycles. The van der Waals surface area contributed by atoms with Gasteiger partial charge in [0.1, 0.15) is 0 Å². The Hall–Kier alpha value is -0.610. The van der Waals surface area contributed by atoms with Crippen molar-refractivity contribution in [2.75, 3.05) is 26.3 Å². The average Bonchev–Trinajstić information content (AvgIpc) is 2.77. The smallest absolute Gasteiger partial charge is 0.234 e. The van der Waals surface area contributed by atoms with Crippen LogP contribution in [0.3, 0.4) is 0 Å². The van der Waals surface area contributed by atoms with Crippen LogP contribution in [0.4, 0.5) is 0 Å². The maximum Gasteiger partial charge on any atom is 0.234 e. The van der Waals surface area contributed by atoms with Crippen molar-refractivity contribution in [2.45, 2.75) is 45.6 Å². The van der Waals surface area contributed by atoms with Gasteiger partial charge in [-0.25, -0.2) is 0 Å². The lowest BCUT2D eigenvalue weighted by Gasteiger charge is -2.24. The van der Waals surface area contributed by atoms with E-state index in [1.54, 1.807) is 0 Å². The molecule has 1 saturated heterocycles. The number of ether oxygens (including phenoxy) is 1. The third-order valence-corrected chi connectivity index (χ3v) is 3.40. The first kappa shape index (κ1) is 14.5. The normalized spacial score (nSPS) is 20.5. The molecule has 1 atom stereocenters. The van der Waals surface area contributed by atoms with Gasteiger partial charge in [0.15, 0.2) is 0 Å². The third-order valence-electron chi connectivity index (χ3n) is 3.40. The Kier molecular flexibility index (Phi) is 5.92. The zero-order valence-corrected chi connectivity index (χ0v) is 11.3. The predicted molar refractivity (Wildman–Crippen MR) is 68.9 cm³/mol. The van der Waals surface area contributed by atoms with Crippen molar-refractivity contribution >= 4 is 5.91 Å². The third kappa shape index (κ3) is 6.03. The molecule has 1 aliphatic rings. The molecule has 0 aliphatic carbocycles. The minimum atomic E-state index is -0.0992. The van der Waals surface area contributed by atoms with Crippen LogP contribution >= 0.6 is 0 Å². The fourth-order valence-corrected chi connectivity index (χ4v) is 1.83. The molecule has 1 unspecified atom stereocenters. The molecule has 1 amide bonds. The van der Waals surface area contributed by atoms with Crippen LogP contribution in [0.25, 0.3) is 0 Å². The molecule has 2 N–H and O–H groups in total. The molecule has 0 aromatic carbocycles. The van der Waals surface area contributed by atoms with Crippen LogP contribution in [0.2, 0.25) is 0 Å². The van der Waals surface area contributed by atoms with Crippen LogP contribution in [0.15, 0.2) is 0 Å².